The van der Waals surface area contributed by atoms with Crippen LogP contribution in [0.15, 0.2) is 84.9 Å². The van der Waals surface area contributed by atoms with Gasteiger partial charge in [-0.3, -0.25) is 9.80 Å². The van der Waals surface area contributed by atoms with E-state index in [2.05, 4.69) is 94.7 Å². The topological polar surface area (TPSA) is 15.7 Å². The average Bonchev–Trinajstić information content (AvgIpc) is 3.17. The summed E-state index contributed by atoms with van der Waals surface area (Å²) in [6, 6.07) is 32.1. The van der Waals surface area contributed by atoms with E-state index in [9.17, 15) is 0 Å². The first-order valence-electron chi connectivity index (χ1n) is 12.7. The molecule has 3 heteroatoms. The molecule has 172 valence electrons. The standard InChI is InChI=1S/C30H36N2O/c1-2-10-20-31(19-9-1)29(25-11-5-3-6-12-25)27-15-17-28(18-16-27)30(26-13-7-4-8-14-26)32-21-23-33-24-22-32/h3-8,11-18,29-30H,1-2,9-10,19-24H2. The Bertz CT molecular complexity index is 959. The number of nitrogens with zero attached hydrogens (tertiary/aromatic N) is 2. The summed E-state index contributed by atoms with van der Waals surface area (Å²) in [7, 11) is 0. The number of likely N-dealkylation sites (tertiary alicyclic amines) is 1. The van der Waals surface area contributed by atoms with Gasteiger partial charge in [0, 0.05) is 13.1 Å². The summed E-state index contributed by atoms with van der Waals surface area (Å²) in [5.41, 5.74) is 5.54. The lowest BCUT2D eigenvalue weighted by Crippen LogP contribution is -2.39. The molecular formula is C30H36N2O. The molecular weight excluding hydrogens is 404 g/mol. The van der Waals surface area contributed by atoms with Crippen LogP contribution >= 0.6 is 0 Å². The van der Waals surface area contributed by atoms with Crippen LogP contribution in [-0.2, 0) is 4.74 Å². The van der Waals surface area contributed by atoms with Crippen molar-refractivity contribution in [3.05, 3.63) is 107 Å². The van der Waals surface area contributed by atoms with E-state index in [1.54, 1.807) is 0 Å². The molecule has 0 bridgehead atoms. The van der Waals surface area contributed by atoms with Gasteiger partial charge in [0.15, 0.2) is 0 Å². The van der Waals surface area contributed by atoms with Crippen molar-refractivity contribution in [1.82, 2.24) is 9.80 Å². The zero-order valence-corrected chi connectivity index (χ0v) is 19.6. The molecule has 33 heavy (non-hydrogen) atoms. The number of benzene rings is 3. The van der Waals surface area contributed by atoms with Gasteiger partial charge in [-0.05, 0) is 48.2 Å². The maximum absolute atomic E-state index is 5.65. The Balaban J connectivity index is 1.47. The van der Waals surface area contributed by atoms with E-state index in [1.807, 2.05) is 0 Å². The molecule has 0 aliphatic carbocycles. The lowest BCUT2D eigenvalue weighted by molar-refractivity contribution is 0.0239. The minimum absolute atomic E-state index is 0.275. The van der Waals surface area contributed by atoms with Crippen LogP contribution in [0.2, 0.25) is 0 Å². The van der Waals surface area contributed by atoms with Crippen molar-refractivity contribution < 1.29 is 4.74 Å². The molecule has 2 saturated heterocycles. The molecule has 0 radical (unpaired) electrons. The van der Waals surface area contributed by atoms with E-state index in [0.717, 1.165) is 26.3 Å². The monoisotopic (exact) mass is 440 g/mol. The predicted molar refractivity (Wildman–Crippen MR) is 135 cm³/mol. The average molecular weight is 441 g/mol. The van der Waals surface area contributed by atoms with Crippen molar-refractivity contribution >= 4 is 0 Å². The fourth-order valence-corrected chi connectivity index (χ4v) is 5.55. The van der Waals surface area contributed by atoms with Gasteiger partial charge in [0.25, 0.3) is 0 Å². The van der Waals surface area contributed by atoms with Gasteiger partial charge in [0.05, 0.1) is 25.3 Å². The Morgan fingerprint density at radius 1 is 0.455 bits per heavy atom. The third kappa shape index (κ3) is 5.38. The fourth-order valence-electron chi connectivity index (χ4n) is 5.55. The molecule has 3 nitrogen and oxygen atoms in total. The first-order chi connectivity index (χ1) is 16.4. The van der Waals surface area contributed by atoms with E-state index in [0.29, 0.717) is 6.04 Å². The maximum atomic E-state index is 5.65. The maximum Gasteiger partial charge on any atom is 0.0603 e. The summed E-state index contributed by atoms with van der Waals surface area (Å²) in [4.78, 5) is 5.27. The van der Waals surface area contributed by atoms with Gasteiger partial charge < -0.3 is 4.74 Å². The van der Waals surface area contributed by atoms with Gasteiger partial charge in [0.2, 0.25) is 0 Å². The molecule has 0 amide bonds. The number of rotatable bonds is 6. The highest BCUT2D eigenvalue weighted by Gasteiger charge is 2.26. The Labute approximate surface area is 199 Å². The first-order valence-corrected chi connectivity index (χ1v) is 12.7. The molecule has 2 aliphatic rings. The van der Waals surface area contributed by atoms with Crippen LogP contribution in [0.4, 0.5) is 0 Å². The van der Waals surface area contributed by atoms with Crippen LogP contribution in [0, 0.1) is 0 Å². The van der Waals surface area contributed by atoms with Crippen LogP contribution in [0.5, 0.6) is 0 Å². The Morgan fingerprint density at radius 3 is 1.30 bits per heavy atom. The molecule has 2 fully saturated rings. The number of ether oxygens (including phenoxy) is 1. The van der Waals surface area contributed by atoms with Crippen molar-refractivity contribution in [1.29, 1.82) is 0 Å². The molecule has 0 aromatic heterocycles. The van der Waals surface area contributed by atoms with E-state index in [1.165, 1.54) is 61.0 Å². The van der Waals surface area contributed by atoms with E-state index >= 15 is 0 Å². The quantitative estimate of drug-likeness (QED) is 0.462. The van der Waals surface area contributed by atoms with E-state index in [4.69, 9.17) is 4.74 Å². The van der Waals surface area contributed by atoms with Crippen LogP contribution in [0.25, 0.3) is 0 Å². The lowest BCUT2D eigenvalue weighted by atomic mass is 9.92. The van der Waals surface area contributed by atoms with Gasteiger partial charge in [-0.25, -0.2) is 0 Å². The highest BCUT2D eigenvalue weighted by molar-refractivity contribution is 5.38. The van der Waals surface area contributed by atoms with E-state index < -0.39 is 0 Å². The Kier molecular flexibility index (Phi) is 7.52. The van der Waals surface area contributed by atoms with Gasteiger partial charge in [-0.15, -0.1) is 0 Å². The van der Waals surface area contributed by atoms with Crippen molar-refractivity contribution in [2.75, 3.05) is 39.4 Å². The zero-order chi connectivity index (χ0) is 22.3. The second kappa shape index (κ2) is 11.1. The molecule has 3 aromatic carbocycles. The van der Waals surface area contributed by atoms with Gasteiger partial charge in [-0.1, -0.05) is 97.8 Å². The summed E-state index contributed by atoms with van der Waals surface area (Å²) >= 11 is 0. The van der Waals surface area contributed by atoms with Crippen molar-refractivity contribution in [2.45, 2.75) is 37.8 Å². The highest BCUT2D eigenvalue weighted by Crippen LogP contribution is 2.34. The minimum Gasteiger partial charge on any atom is -0.379 e. The molecule has 0 saturated carbocycles. The zero-order valence-electron chi connectivity index (χ0n) is 19.6. The normalized spacial score (nSPS) is 20.1. The summed E-state index contributed by atoms with van der Waals surface area (Å²) < 4.78 is 5.65. The van der Waals surface area contributed by atoms with Crippen LogP contribution in [0.1, 0.15) is 60.0 Å². The van der Waals surface area contributed by atoms with Gasteiger partial charge in [0.1, 0.15) is 0 Å². The Morgan fingerprint density at radius 2 is 0.848 bits per heavy atom. The molecule has 2 atom stereocenters. The SMILES string of the molecule is c1ccc(C(c2ccc(C(c3ccccc3)N3CCOCC3)cc2)N2CCCCCC2)cc1. The fraction of sp³-hybridized carbons (Fsp3) is 0.400. The minimum atomic E-state index is 0.275. The van der Waals surface area contributed by atoms with Crippen molar-refractivity contribution in [3.63, 3.8) is 0 Å². The third-order valence-electron chi connectivity index (χ3n) is 7.22. The molecule has 2 unspecified atom stereocenters. The summed E-state index contributed by atoms with van der Waals surface area (Å²) in [5, 5.41) is 0. The second-order valence-electron chi connectivity index (χ2n) is 9.39. The van der Waals surface area contributed by atoms with Gasteiger partial charge >= 0.3 is 0 Å². The smallest absolute Gasteiger partial charge is 0.0603 e. The molecule has 2 heterocycles. The number of morpholine rings is 1. The second-order valence-corrected chi connectivity index (χ2v) is 9.39. The Hall–Kier alpha value is -2.46. The number of hydrogen-bond donors (Lipinski definition) is 0. The highest BCUT2D eigenvalue weighted by atomic mass is 16.5. The summed E-state index contributed by atoms with van der Waals surface area (Å²) in [6.45, 7) is 5.94. The summed E-state index contributed by atoms with van der Waals surface area (Å²) in [6.07, 6.45) is 5.31. The largest absolute Gasteiger partial charge is 0.379 e. The van der Waals surface area contributed by atoms with Crippen LogP contribution in [0.3, 0.4) is 0 Å². The van der Waals surface area contributed by atoms with Crippen LogP contribution < -0.4 is 0 Å². The summed E-state index contributed by atoms with van der Waals surface area (Å²) in [5.74, 6) is 0. The predicted octanol–water partition coefficient (Wildman–Crippen LogP) is 6.07. The molecule has 5 rings (SSSR count). The first kappa shape index (κ1) is 22.3. The van der Waals surface area contributed by atoms with Gasteiger partial charge in [-0.2, -0.15) is 0 Å². The number of hydrogen-bond acceptors (Lipinski definition) is 3. The third-order valence-corrected chi connectivity index (χ3v) is 7.22. The van der Waals surface area contributed by atoms with Crippen molar-refractivity contribution in [2.24, 2.45) is 0 Å². The van der Waals surface area contributed by atoms with E-state index in [-0.39, 0.29) is 6.04 Å². The molecule has 3 aromatic rings. The van der Waals surface area contributed by atoms with Crippen molar-refractivity contribution in [3.8, 4) is 0 Å². The molecule has 2 aliphatic heterocycles. The molecule has 0 spiro atoms. The van der Waals surface area contributed by atoms with Crippen LogP contribution in [-0.4, -0.2) is 49.2 Å². The lowest BCUT2D eigenvalue weighted by Gasteiger charge is -2.36. The molecule has 0 N–H and O–H groups in total.